The van der Waals surface area contributed by atoms with Gasteiger partial charge >= 0.3 is 0 Å². The quantitative estimate of drug-likeness (QED) is 0.684. The van der Waals surface area contributed by atoms with Crippen molar-refractivity contribution in [3.8, 4) is 11.4 Å². The van der Waals surface area contributed by atoms with Crippen LogP contribution in [0.5, 0.6) is 5.75 Å². The van der Waals surface area contributed by atoms with Crippen LogP contribution in [-0.2, 0) is 4.79 Å². The Bertz CT molecular complexity index is 1010. The van der Waals surface area contributed by atoms with Gasteiger partial charge in [0, 0.05) is 17.0 Å². The lowest BCUT2D eigenvalue weighted by molar-refractivity contribution is -0.119. The first kappa shape index (κ1) is 18.9. The maximum Gasteiger partial charge on any atom is 0.255 e. The van der Waals surface area contributed by atoms with Crippen molar-refractivity contribution in [3.05, 3.63) is 60.4 Å². The molecule has 1 unspecified atom stereocenters. The number of hydrogen-bond acceptors (Lipinski definition) is 7. The molecule has 2 amide bonds. The third kappa shape index (κ3) is 4.06. The first-order chi connectivity index (χ1) is 14.2. The van der Waals surface area contributed by atoms with Crippen molar-refractivity contribution in [1.82, 2.24) is 25.1 Å². The predicted octanol–water partition coefficient (Wildman–Crippen LogP) is 1.82. The number of nitrogens with one attached hydrogen (secondary N) is 1. The molecule has 1 saturated heterocycles. The smallest absolute Gasteiger partial charge is 0.255 e. The van der Waals surface area contributed by atoms with E-state index < -0.39 is 6.04 Å². The summed E-state index contributed by atoms with van der Waals surface area (Å²) in [5.74, 6) is 1.28. The third-order valence-electron chi connectivity index (χ3n) is 4.51. The van der Waals surface area contributed by atoms with Gasteiger partial charge in [-0.15, -0.1) is 16.9 Å². The Morgan fingerprint density at radius 2 is 2.03 bits per heavy atom. The van der Waals surface area contributed by atoms with Crippen LogP contribution < -0.4 is 10.1 Å². The summed E-state index contributed by atoms with van der Waals surface area (Å²) in [5.41, 5.74) is 1.80. The van der Waals surface area contributed by atoms with E-state index in [-0.39, 0.29) is 11.8 Å². The molecule has 0 saturated carbocycles. The van der Waals surface area contributed by atoms with Crippen molar-refractivity contribution in [2.75, 3.05) is 24.1 Å². The average Bonchev–Trinajstić information content (AvgIpc) is 3.46. The van der Waals surface area contributed by atoms with Gasteiger partial charge in [0.05, 0.1) is 18.7 Å². The maximum absolute atomic E-state index is 13.1. The van der Waals surface area contributed by atoms with E-state index in [4.69, 9.17) is 4.74 Å². The standard InChI is InChI=1S/C19H18N6O3S/c1-28-16-7-5-14(6-8-16)21-18(26)17-10-29-12-24(17)19(27)13-3-2-4-15(9-13)25-11-20-22-23-25/h2-9,11,17H,10,12H2,1H3,(H,21,26). The van der Waals surface area contributed by atoms with Crippen molar-refractivity contribution in [3.63, 3.8) is 0 Å². The normalized spacial score (nSPS) is 15.9. The molecular formula is C19H18N6O3S. The minimum absolute atomic E-state index is 0.209. The van der Waals surface area contributed by atoms with Gasteiger partial charge in [-0.3, -0.25) is 9.59 Å². The molecule has 10 heteroatoms. The number of hydrogen-bond donors (Lipinski definition) is 1. The number of methoxy groups -OCH3 is 1. The van der Waals surface area contributed by atoms with E-state index in [1.54, 1.807) is 72.3 Å². The number of aromatic nitrogens is 4. The van der Waals surface area contributed by atoms with Gasteiger partial charge in [0.1, 0.15) is 18.1 Å². The number of amides is 2. The van der Waals surface area contributed by atoms with Crippen LogP contribution in [0.1, 0.15) is 10.4 Å². The van der Waals surface area contributed by atoms with Crippen LogP contribution in [0.25, 0.3) is 5.69 Å². The second-order valence-electron chi connectivity index (χ2n) is 6.31. The molecule has 1 fully saturated rings. The minimum Gasteiger partial charge on any atom is -0.497 e. The lowest BCUT2D eigenvalue weighted by Gasteiger charge is -2.23. The SMILES string of the molecule is COc1ccc(NC(=O)C2CSCN2C(=O)c2cccc(-n3cnnn3)c2)cc1. The fourth-order valence-electron chi connectivity index (χ4n) is 2.99. The molecule has 2 aromatic carbocycles. The van der Waals surface area contributed by atoms with Crippen molar-refractivity contribution in [1.29, 1.82) is 0 Å². The minimum atomic E-state index is -0.550. The van der Waals surface area contributed by atoms with E-state index in [0.29, 0.717) is 34.3 Å². The average molecular weight is 410 g/mol. The molecule has 0 aliphatic carbocycles. The van der Waals surface area contributed by atoms with E-state index >= 15 is 0 Å². The number of thioether (sulfide) groups is 1. The Kier molecular flexibility index (Phi) is 5.43. The zero-order chi connectivity index (χ0) is 20.2. The van der Waals surface area contributed by atoms with Crippen LogP contribution in [-0.4, -0.2) is 61.7 Å². The number of benzene rings is 2. The molecule has 4 rings (SSSR count). The lowest BCUT2D eigenvalue weighted by Crippen LogP contribution is -2.44. The zero-order valence-electron chi connectivity index (χ0n) is 15.6. The molecule has 1 atom stereocenters. The second kappa shape index (κ2) is 8.31. The molecule has 1 N–H and O–H groups in total. The molecule has 148 valence electrons. The molecule has 0 radical (unpaired) electrons. The molecule has 9 nitrogen and oxygen atoms in total. The first-order valence-electron chi connectivity index (χ1n) is 8.83. The summed E-state index contributed by atoms with van der Waals surface area (Å²) in [5, 5.41) is 13.9. The van der Waals surface area contributed by atoms with Crippen LogP contribution in [0.2, 0.25) is 0 Å². The fourth-order valence-corrected chi connectivity index (χ4v) is 4.14. The predicted molar refractivity (Wildman–Crippen MR) is 108 cm³/mol. The highest BCUT2D eigenvalue weighted by molar-refractivity contribution is 7.99. The van der Waals surface area contributed by atoms with Crippen molar-refractivity contribution in [2.45, 2.75) is 6.04 Å². The molecule has 0 bridgehead atoms. The molecule has 1 aliphatic rings. The summed E-state index contributed by atoms with van der Waals surface area (Å²) >= 11 is 1.55. The Balaban J connectivity index is 1.49. The summed E-state index contributed by atoms with van der Waals surface area (Å²) in [6, 6.07) is 13.5. The molecule has 1 aromatic heterocycles. The fraction of sp³-hybridized carbons (Fsp3) is 0.211. The van der Waals surface area contributed by atoms with Crippen LogP contribution >= 0.6 is 11.8 Å². The highest BCUT2D eigenvalue weighted by Gasteiger charge is 2.35. The van der Waals surface area contributed by atoms with Crippen molar-refractivity contribution in [2.24, 2.45) is 0 Å². The Morgan fingerprint density at radius 3 is 2.76 bits per heavy atom. The molecule has 2 heterocycles. The molecular weight excluding hydrogens is 392 g/mol. The summed E-state index contributed by atoms with van der Waals surface area (Å²) in [4.78, 5) is 27.4. The zero-order valence-corrected chi connectivity index (χ0v) is 16.4. The largest absolute Gasteiger partial charge is 0.497 e. The van der Waals surface area contributed by atoms with Gasteiger partial charge in [0.2, 0.25) is 5.91 Å². The van der Waals surface area contributed by atoms with Gasteiger partial charge in [-0.2, -0.15) is 0 Å². The number of ether oxygens (including phenoxy) is 1. The summed E-state index contributed by atoms with van der Waals surface area (Å²) < 4.78 is 6.60. The monoisotopic (exact) mass is 410 g/mol. The summed E-state index contributed by atoms with van der Waals surface area (Å²) in [7, 11) is 1.58. The van der Waals surface area contributed by atoms with Crippen LogP contribution in [0, 0.1) is 0 Å². The summed E-state index contributed by atoms with van der Waals surface area (Å²) in [6.45, 7) is 0. The third-order valence-corrected chi connectivity index (χ3v) is 5.52. The van der Waals surface area contributed by atoms with Crippen LogP contribution in [0.15, 0.2) is 54.9 Å². The molecule has 0 spiro atoms. The molecule has 1 aliphatic heterocycles. The molecule has 3 aromatic rings. The van der Waals surface area contributed by atoms with Crippen molar-refractivity contribution >= 4 is 29.3 Å². The van der Waals surface area contributed by atoms with Crippen LogP contribution in [0.4, 0.5) is 5.69 Å². The van der Waals surface area contributed by atoms with E-state index in [2.05, 4.69) is 20.8 Å². The maximum atomic E-state index is 13.1. The van der Waals surface area contributed by atoms with Gasteiger partial charge in [-0.1, -0.05) is 6.07 Å². The summed E-state index contributed by atoms with van der Waals surface area (Å²) in [6.07, 6.45) is 1.46. The highest BCUT2D eigenvalue weighted by atomic mass is 32.2. The van der Waals surface area contributed by atoms with E-state index in [9.17, 15) is 9.59 Å². The Labute approximate surface area is 171 Å². The lowest BCUT2D eigenvalue weighted by atomic mass is 10.1. The van der Waals surface area contributed by atoms with Gasteiger partial charge in [-0.05, 0) is 52.9 Å². The number of anilines is 1. The Morgan fingerprint density at radius 1 is 1.21 bits per heavy atom. The van der Waals surface area contributed by atoms with Gasteiger partial charge < -0.3 is 15.0 Å². The van der Waals surface area contributed by atoms with E-state index in [0.717, 1.165) is 0 Å². The highest BCUT2D eigenvalue weighted by Crippen LogP contribution is 2.25. The van der Waals surface area contributed by atoms with Gasteiger partial charge in [-0.25, -0.2) is 4.68 Å². The first-order valence-corrected chi connectivity index (χ1v) is 9.98. The van der Waals surface area contributed by atoms with Gasteiger partial charge in [0.15, 0.2) is 0 Å². The topological polar surface area (TPSA) is 102 Å². The van der Waals surface area contributed by atoms with Crippen molar-refractivity contribution < 1.29 is 14.3 Å². The number of rotatable bonds is 5. The number of nitrogens with zero attached hydrogens (tertiary/aromatic N) is 5. The van der Waals surface area contributed by atoms with Crippen LogP contribution in [0.3, 0.4) is 0 Å². The number of tetrazole rings is 1. The van der Waals surface area contributed by atoms with E-state index in [1.807, 2.05) is 0 Å². The van der Waals surface area contributed by atoms with E-state index in [1.165, 1.54) is 11.0 Å². The molecule has 29 heavy (non-hydrogen) atoms. The van der Waals surface area contributed by atoms with Gasteiger partial charge in [0.25, 0.3) is 5.91 Å². The number of carbonyl (C=O) groups is 2. The Hall–Kier alpha value is -3.40. The number of carbonyl (C=O) groups excluding carboxylic acids is 2. The second-order valence-corrected chi connectivity index (χ2v) is 7.31.